The Morgan fingerprint density at radius 2 is 1.46 bits per heavy atom. The van der Waals surface area contributed by atoms with Crippen LogP contribution in [0.25, 0.3) is 11.1 Å². The Balaban J connectivity index is 1.62. The molecule has 1 aliphatic rings. The van der Waals surface area contributed by atoms with E-state index in [1.807, 2.05) is 42.5 Å². The maximum Gasteiger partial charge on any atom is 0.497 e. The van der Waals surface area contributed by atoms with Gasteiger partial charge in [0, 0.05) is 24.1 Å². The zero-order valence-corrected chi connectivity index (χ0v) is 16.4. The van der Waals surface area contributed by atoms with Gasteiger partial charge in [0.25, 0.3) is 0 Å². The SMILES string of the molecule is CC1(C)COB(c2cc(-c3ccccc3)ccc2OCc2ccccc2)OC1. The van der Waals surface area contributed by atoms with Crippen molar-refractivity contribution >= 4 is 12.6 Å². The molecule has 142 valence electrons. The molecule has 0 saturated carbocycles. The molecule has 3 nitrogen and oxygen atoms in total. The summed E-state index contributed by atoms with van der Waals surface area (Å²) in [4.78, 5) is 0. The van der Waals surface area contributed by atoms with Crippen molar-refractivity contribution in [1.29, 1.82) is 0 Å². The molecular formula is C24H25BO3. The second kappa shape index (κ2) is 8.21. The molecule has 3 aromatic carbocycles. The van der Waals surface area contributed by atoms with Gasteiger partial charge in [-0.2, -0.15) is 0 Å². The summed E-state index contributed by atoms with van der Waals surface area (Å²) in [5.74, 6) is 0.799. The quantitative estimate of drug-likeness (QED) is 0.608. The minimum absolute atomic E-state index is 0.0264. The minimum Gasteiger partial charge on any atom is -0.489 e. The van der Waals surface area contributed by atoms with Crippen molar-refractivity contribution in [3.05, 3.63) is 84.4 Å². The van der Waals surface area contributed by atoms with Crippen LogP contribution in [0.5, 0.6) is 5.75 Å². The second-order valence-electron chi connectivity index (χ2n) is 8.01. The first-order valence-corrected chi connectivity index (χ1v) is 9.70. The van der Waals surface area contributed by atoms with Crippen LogP contribution < -0.4 is 10.2 Å². The summed E-state index contributed by atoms with van der Waals surface area (Å²) in [6, 6.07) is 26.7. The molecule has 1 aliphatic heterocycles. The third-order valence-corrected chi connectivity index (χ3v) is 4.86. The van der Waals surface area contributed by atoms with E-state index in [0.29, 0.717) is 19.8 Å². The molecule has 1 heterocycles. The minimum atomic E-state index is -0.414. The predicted octanol–water partition coefficient (Wildman–Crippen LogP) is 4.70. The summed E-state index contributed by atoms with van der Waals surface area (Å²) in [5.41, 5.74) is 4.38. The Labute approximate surface area is 167 Å². The smallest absolute Gasteiger partial charge is 0.489 e. The molecule has 1 fully saturated rings. The van der Waals surface area contributed by atoms with Gasteiger partial charge in [0.15, 0.2) is 0 Å². The molecule has 0 aliphatic carbocycles. The van der Waals surface area contributed by atoms with Gasteiger partial charge in [-0.15, -0.1) is 0 Å². The monoisotopic (exact) mass is 372 g/mol. The Kier molecular flexibility index (Phi) is 5.51. The maximum absolute atomic E-state index is 6.16. The molecule has 1 saturated heterocycles. The van der Waals surface area contributed by atoms with Gasteiger partial charge >= 0.3 is 7.12 Å². The number of ether oxygens (including phenoxy) is 1. The summed E-state index contributed by atoms with van der Waals surface area (Å²) in [7, 11) is -0.414. The lowest BCUT2D eigenvalue weighted by molar-refractivity contribution is 0.0340. The van der Waals surface area contributed by atoms with Crippen LogP contribution in [0.1, 0.15) is 19.4 Å². The topological polar surface area (TPSA) is 27.7 Å². The lowest BCUT2D eigenvalue weighted by Crippen LogP contribution is -2.47. The van der Waals surface area contributed by atoms with E-state index in [2.05, 4.69) is 50.2 Å². The molecule has 0 spiro atoms. The van der Waals surface area contributed by atoms with Crippen molar-refractivity contribution in [1.82, 2.24) is 0 Å². The van der Waals surface area contributed by atoms with Crippen molar-refractivity contribution in [3.8, 4) is 16.9 Å². The molecule has 4 heteroatoms. The molecule has 0 aromatic heterocycles. The normalized spacial score (nSPS) is 16.0. The zero-order chi connectivity index (χ0) is 19.4. The Hall–Kier alpha value is -2.56. The van der Waals surface area contributed by atoms with Crippen LogP contribution in [0.3, 0.4) is 0 Å². The van der Waals surface area contributed by atoms with E-state index < -0.39 is 7.12 Å². The highest BCUT2D eigenvalue weighted by Crippen LogP contribution is 2.26. The fraction of sp³-hybridized carbons (Fsp3) is 0.250. The lowest BCUT2D eigenvalue weighted by atomic mass is 9.74. The van der Waals surface area contributed by atoms with E-state index in [1.165, 1.54) is 0 Å². The van der Waals surface area contributed by atoms with Gasteiger partial charge in [0.2, 0.25) is 0 Å². The van der Waals surface area contributed by atoms with E-state index in [9.17, 15) is 0 Å². The third-order valence-electron chi connectivity index (χ3n) is 4.86. The number of hydrogen-bond donors (Lipinski definition) is 0. The molecule has 0 atom stereocenters. The van der Waals surface area contributed by atoms with Gasteiger partial charge < -0.3 is 14.0 Å². The first kappa shape index (κ1) is 18.8. The van der Waals surface area contributed by atoms with Gasteiger partial charge in [-0.05, 0) is 22.8 Å². The molecule has 0 amide bonds. The van der Waals surface area contributed by atoms with Crippen molar-refractivity contribution < 1.29 is 14.0 Å². The number of rotatable bonds is 5. The Bertz CT molecular complexity index is 900. The van der Waals surface area contributed by atoms with Crippen molar-refractivity contribution in [3.63, 3.8) is 0 Å². The highest BCUT2D eigenvalue weighted by molar-refractivity contribution is 6.62. The van der Waals surface area contributed by atoms with Crippen LogP contribution in [0, 0.1) is 5.41 Å². The molecular weight excluding hydrogens is 347 g/mol. The lowest BCUT2D eigenvalue weighted by Gasteiger charge is -2.33. The van der Waals surface area contributed by atoms with E-state index in [0.717, 1.165) is 27.9 Å². The zero-order valence-electron chi connectivity index (χ0n) is 16.4. The van der Waals surface area contributed by atoms with Crippen molar-refractivity contribution in [2.24, 2.45) is 5.41 Å². The molecule has 0 bridgehead atoms. The molecule has 0 unspecified atom stereocenters. The summed E-state index contributed by atoms with van der Waals surface area (Å²) < 4.78 is 18.3. The average Bonchev–Trinajstić information content (AvgIpc) is 2.74. The largest absolute Gasteiger partial charge is 0.497 e. The van der Waals surface area contributed by atoms with Gasteiger partial charge in [0.05, 0.1) is 0 Å². The first-order chi connectivity index (χ1) is 13.6. The highest BCUT2D eigenvalue weighted by Gasteiger charge is 2.35. The third kappa shape index (κ3) is 4.46. The van der Waals surface area contributed by atoms with Gasteiger partial charge in [-0.25, -0.2) is 0 Å². The van der Waals surface area contributed by atoms with E-state index in [4.69, 9.17) is 14.0 Å². The van der Waals surface area contributed by atoms with Gasteiger partial charge in [-0.3, -0.25) is 0 Å². The van der Waals surface area contributed by atoms with Crippen molar-refractivity contribution in [2.45, 2.75) is 20.5 Å². The van der Waals surface area contributed by atoms with Crippen molar-refractivity contribution in [2.75, 3.05) is 13.2 Å². The molecule has 4 rings (SSSR count). The fourth-order valence-electron chi connectivity index (χ4n) is 3.28. The molecule has 0 N–H and O–H groups in total. The van der Waals surface area contributed by atoms with E-state index in [-0.39, 0.29) is 5.41 Å². The van der Waals surface area contributed by atoms with Gasteiger partial charge in [-0.1, -0.05) is 86.6 Å². The van der Waals surface area contributed by atoms with Crippen LogP contribution in [0.4, 0.5) is 0 Å². The van der Waals surface area contributed by atoms with Crippen LogP contribution in [-0.2, 0) is 15.9 Å². The predicted molar refractivity (Wildman–Crippen MR) is 114 cm³/mol. The van der Waals surface area contributed by atoms with Crippen LogP contribution >= 0.6 is 0 Å². The number of hydrogen-bond acceptors (Lipinski definition) is 3. The summed E-state index contributed by atoms with van der Waals surface area (Å²) in [6.45, 7) is 6.13. The van der Waals surface area contributed by atoms with E-state index in [1.54, 1.807) is 0 Å². The first-order valence-electron chi connectivity index (χ1n) is 9.70. The maximum atomic E-state index is 6.16. The standard InChI is InChI=1S/C24H25BO3/c1-24(2)17-27-25(28-18-24)22-15-21(20-11-7-4-8-12-20)13-14-23(22)26-16-19-9-5-3-6-10-19/h3-15H,16-18H2,1-2H3. The molecule has 0 radical (unpaired) electrons. The second-order valence-corrected chi connectivity index (χ2v) is 8.01. The highest BCUT2D eigenvalue weighted by atomic mass is 16.6. The molecule has 3 aromatic rings. The van der Waals surface area contributed by atoms with E-state index >= 15 is 0 Å². The fourth-order valence-corrected chi connectivity index (χ4v) is 3.28. The molecule has 28 heavy (non-hydrogen) atoms. The van der Waals surface area contributed by atoms with Crippen LogP contribution in [-0.4, -0.2) is 20.3 Å². The van der Waals surface area contributed by atoms with Crippen LogP contribution in [0.15, 0.2) is 78.9 Å². The van der Waals surface area contributed by atoms with Gasteiger partial charge in [0.1, 0.15) is 12.4 Å². The summed E-state index contributed by atoms with van der Waals surface area (Å²) in [6.07, 6.45) is 0. The Morgan fingerprint density at radius 3 is 2.14 bits per heavy atom. The summed E-state index contributed by atoms with van der Waals surface area (Å²) in [5, 5.41) is 0. The average molecular weight is 372 g/mol. The van der Waals surface area contributed by atoms with Crippen LogP contribution in [0.2, 0.25) is 0 Å². The Morgan fingerprint density at radius 1 is 0.821 bits per heavy atom. The number of benzene rings is 3. The summed E-state index contributed by atoms with van der Waals surface area (Å²) >= 11 is 0.